The normalized spacial score (nSPS) is 12.1. The van der Waals surface area contributed by atoms with Gasteiger partial charge in [-0.1, -0.05) is 0 Å². The molecule has 21 heavy (non-hydrogen) atoms. The number of furan rings is 1. The fourth-order valence-corrected chi connectivity index (χ4v) is 2.09. The standard InChI is InChI=1S/C15H18N2O4/c1-9-7-13(15(19)21-11(3)14(16)18)10(2)17(9)8-12-5-4-6-20-12/h4-7,11H,8H2,1-3H3,(H2,16,18). The van der Waals surface area contributed by atoms with Gasteiger partial charge in [0.15, 0.2) is 6.10 Å². The number of aromatic nitrogens is 1. The number of nitrogens with zero attached hydrogens (tertiary/aromatic N) is 1. The molecule has 0 fully saturated rings. The second kappa shape index (κ2) is 5.87. The van der Waals surface area contributed by atoms with E-state index in [1.54, 1.807) is 12.3 Å². The molecule has 2 rings (SSSR count). The van der Waals surface area contributed by atoms with Crippen LogP contribution in [-0.2, 0) is 16.1 Å². The van der Waals surface area contributed by atoms with Crippen LogP contribution in [0.3, 0.4) is 0 Å². The predicted octanol–water partition coefficient (Wildman–Crippen LogP) is 1.78. The fraction of sp³-hybridized carbons (Fsp3) is 0.333. The second-order valence-corrected chi connectivity index (χ2v) is 4.90. The molecular weight excluding hydrogens is 272 g/mol. The first-order valence-electron chi connectivity index (χ1n) is 6.59. The van der Waals surface area contributed by atoms with E-state index in [4.69, 9.17) is 14.9 Å². The molecule has 0 aliphatic carbocycles. The maximum absolute atomic E-state index is 12.1. The number of esters is 1. The zero-order valence-corrected chi connectivity index (χ0v) is 12.3. The third-order valence-electron chi connectivity index (χ3n) is 3.37. The zero-order valence-electron chi connectivity index (χ0n) is 12.3. The molecule has 0 saturated heterocycles. The molecule has 1 amide bonds. The van der Waals surface area contributed by atoms with E-state index in [9.17, 15) is 9.59 Å². The number of carbonyl (C=O) groups is 2. The molecule has 6 nitrogen and oxygen atoms in total. The number of amides is 1. The third kappa shape index (κ3) is 3.16. The van der Waals surface area contributed by atoms with Crippen molar-refractivity contribution in [3.8, 4) is 0 Å². The van der Waals surface area contributed by atoms with E-state index >= 15 is 0 Å². The first-order valence-corrected chi connectivity index (χ1v) is 6.59. The molecule has 0 radical (unpaired) electrons. The molecular formula is C15H18N2O4. The Morgan fingerprint density at radius 3 is 2.71 bits per heavy atom. The smallest absolute Gasteiger partial charge is 0.340 e. The molecule has 112 valence electrons. The Morgan fingerprint density at radius 2 is 2.14 bits per heavy atom. The van der Waals surface area contributed by atoms with E-state index < -0.39 is 18.0 Å². The van der Waals surface area contributed by atoms with Gasteiger partial charge in [-0.05, 0) is 39.0 Å². The van der Waals surface area contributed by atoms with Crippen LogP contribution in [0.1, 0.15) is 34.4 Å². The van der Waals surface area contributed by atoms with Gasteiger partial charge in [-0.3, -0.25) is 4.79 Å². The Hall–Kier alpha value is -2.50. The molecule has 2 N–H and O–H groups in total. The van der Waals surface area contributed by atoms with Crippen molar-refractivity contribution in [3.05, 3.63) is 47.2 Å². The molecule has 0 aliphatic rings. The molecule has 2 heterocycles. The summed E-state index contributed by atoms with van der Waals surface area (Å²) in [7, 11) is 0. The Labute approximate surface area is 122 Å². The third-order valence-corrected chi connectivity index (χ3v) is 3.37. The van der Waals surface area contributed by atoms with E-state index in [1.165, 1.54) is 6.92 Å². The van der Waals surface area contributed by atoms with E-state index in [1.807, 2.05) is 30.5 Å². The molecule has 2 aromatic rings. The summed E-state index contributed by atoms with van der Waals surface area (Å²) in [6.45, 7) is 5.69. The second-order valence-electron chi connectivity index (χ2n) is 4.90. The van der Waals surface area contributed by atoms with E-state index in [-0.39, 0.29) is 0 Å². The molecule has 0 spiro atoms. The highest BCUT2D eigenvalue weighted by atomic mass is 16.5. The summed E-state index contributed by atoms with van der Waals surface area (Å²) in [5, 5.41) is 0. The Kier molecular flexibility index (Phi) is 4.16. The summed E-state index contributed by atoms with van der Waals surface area (Å²) in [5.41, 5.74) is 7.18. The van der Waals surface area contributed by atoms with Crippen molar-refractivity contribution in [1.29, 1.82) is 0 Å². The lowest BCUT2D eigenvalue weighted by Gasteiger charge is -2.10. The topological polar surface area (TPSA) is 87.5 Å². The van der Waals surface area contributed by atoms with Crippen LogP contribution in [0.25, 0.3) is 0 Å². The Bertz CT molecular complexity index is 656. The van der Waals surface area contributed by atoms with Gasteiger partial charge in [0.1, 0.15) is 5.76 Å². The highest BCUT2D eigenvalue weighted by Gasteiger charge is 2.21. The quantitative estimate of drug-likeness (QED) is 0.850. The molecule has 1 atom stereocenters. The van der Waals surface area contributed by atoms with Gasteiger partial charge in [-0.25, -0.2) is 4.79 Å². The Morgan fingerprint density at radius 1 is 1.43 bits per heavy atom. The summed E-state index contributed by atoms with van der Waals surface area (Å²) < 4.78 is 12.3. The van der Waals surface area contributed by atoms with Gasteiger partial charge in [-0.2, -0.15) is 0 Å². The maximum Gasteiger partial charge on any atom is 0.340 e. The van der Waals surface area contributed by atoms with Gasteiger partial charge < -0.3 is 19.5 Å². The molecule has 1 unspecified atom stereocenters. The van der Waals surface area contributed by atoms with Crippen molar-refractivity contribution in [2.75, 3.05) is 0 Å². The molecule has 2 aromatic heterocycles. The maximum atomic E-state index is 12.1. The van der Waals surface area contributed by atoms with Gasteiger partial charge in [0.2, 0.25) is 0 Å². The minimum absolute atomic E-state index is 0.423. The lowest BCUT2D eigenvalue weighted by Crippen LogP contribution is -2.30. The van der Waals surface area contributed by atoms with Crippen LogP contribution in [0, 0.1) is 13.8 Å². The van der Waals surface area contributed by atoms with Crippen molar-refractivity contribution in [1.82, 2.24) is 4.57 Å². The van der Waals surface area contributed by atoms with Crippen LogP contribution >= 0.6 is 0 Å². The minimum atomic E-state index is -0.953. The van der Waals surface area contributed by atoms with E-state index in [0.717, 1.165) is 17.1 Å². The summed E-state index contributed by atoms with van der Waals surface area (Å²) in [6, 6.07) is 5.41. The monoisotopic (exact) mass is 290 g/mol. The van der Waals surface area contributed by atoms with Crippen LogP contribution in [0.2, 0.25) is 0 Å². The van der Waals surface area contributed by atoms with Crippen molar-refractivity contribution < 1.29 is 18.7 Å². The SMILES string of the molecule is Cc1cc(C(=O)OC(C)C(N)=O)c(C)n1Cc1ccco1. The summed E-state index contributed by atoms with van der Waals surface area (Å²) in [5.74, 6) is -0.435. The van der Waals surface area contributed by atoms with E-state index in [0.29, 0.717) is 12.1 Å². The summed E-state index contributed by atoms with van der Waals surface area (Å²) in [4.78, 5) is 23.0. The van der Waals surface area contributed by atoms with Crippen LogP contribution in [0.5, 0.6) is 0 Å². The molecule has 0 bridgehead atoms. The average molecular weight is 290 g/mol. The number of hydrogen-bond acceptors (Lipinski definition) is 4. The Balaban J connectivity index is 2.22. The van der Waals surface area contributed by atoms with Crippen molar-refractivity contribution >= 4 is 11.9 Å². The summed E-state index contributed by atoms with van der Waals surface area (Å²) >= 11 is 0. The first kappa shape index (κ1) is 14.9. The van der Waals surface area contributed by atoms with Crippen LogP contribution < -0.4 is 5.73 Å². The predicted molar refractivity (Wildman–Crippen MR) is 75.8 cm³/mol. The molecule has 6 heteroatoms. The molecule has 0 aromatic carbocycles. The highest BCUT2D eigenvalue weighted by molar-refractivity contribution is 5.93. The van der Waals surface area contributed by atoms with Crippen molar-refractivity contribution in [2.45, 2.75) is 33.4 Å². The molecule has 0 saturated carbocycles. The number of nitrogens with two attached hydrogens (primary N) is 1. The van der Waals surface area contributed by atoms with Crippen LogP contribution in [0.15, 0.2) is 28.9 Å². The number of rotatable bonds is 5. The minimum Gasteiger partial charge on any atom is -0.467 e. The number of aryl methyl sites for hydroxylation is 1. The van der Waals surface area contributed by atoms with E-state index in [2.05, 4.69) is 0 Å². The lowest BCUT2D eigenvalue weighted by molar-refractivity contribution is -0.125. The number of carbonyl (C=O) groups excluding carboxylic acids is 2. The summed E-state index contributed by atoms with van der Waals surface area (Å²) in [6.07, 6.45) is 0.651. The largest absolute Gasteiger partial charge is 0.467 e. The zero-order chi connectivity index (χ0) is 15.6. The van der Waals surface area contributed by atoms with Crippen molar-refractivity contribution in [2.24, 2.45) is 5.73 Å². The van der Waals surface area contributed by atoms with Gasteiger partial charge in [0, 0.05) is 11.4 Å². The number of primary amides is 1. The van der Waals surface area contributed by atoms with Gasteiger partial charge in [-0.15, -0.1) is 0 Å². The molecule has 0 aliphatic heterocycles. The number of ether oxygens (including phenoxy) is 1. The number of hydrogen-bond donors (Lipinski definition) is 1. The van der Waals surface area contributed by atoms with Gasteiger partial charge >= 0.3 is 5.97 Å². The lowest BCUT2D eigenvalue weighted by atomic mass is 10.2. The van der Waals surface area contributed by atoms with Crippen molar-refractivity contribution in [3.63, 3.8) is 0 Å². The fourth-order valence-electron chi connectivity index (χ4n) is 2.09. The highest BCUT2D eigenvalue weighted by Crippen LogP contribution is 2.18. The van der Waals surface area contributed by atoms with Crippen LogP contribution in [-0.4, -0.2) is 22.5 Å². The van der Waals surface area contributed by atoms with Crippen LogP contribution in [0.4, 0.5) is 0 Å². The average Bonchev–Trinajstić information content (AvgIpc) is 3.02. The van der Waals surface area contributed by atoms with Gasteiger partial charge in [0.25, 0.3) is 5.91 Å². The first-order chi connectivity index (χ1) is 9.90. The van der Waals surface area contributed by atoms with Gasteiger partial charge in [0.05, 0.1) is 18.4 Å².